The first-order valence-corrected chi connectivity index (χ1v) is 5.26. The molecular weight excluding hydrogens is 188 g/mol. The van der Waals surface area contributed by atoms with Crippen LogP contribution in [0.15, 0.2) is 23.1 Å². The minimum atomic E-state index is -3.53. The van der Waals surface area contributed by atoms with Gasteiger partial charge in [0.1, 0.15) is 0 Å². The van der Waals surface area contributed by atoms with Gasteiger partial charge in [0, 0.05) is 0 Å². The van der Waals surface area contributed by atoms with Gasteiger partial charge in [-0.05, 0) is 25.0 Å². The summed E-state index contributed by atoms with van der Waals surface area (Å²) in [4.78, 5) is 2.07. The Morgan fingerprint density at radius 1 is 1.23 bits per heavy atom. The summed E-state index contributed by atoms with van der Waals surface area (Å²) in [5, 5.41) is 0. The molecule has 0 aliphatic carbocycles. The molecule has 0 amide bonds. The molecule has 0 heterocycles. The van der Waals surface area contributed by atoms with E-state index in [1.54, 1.807) is 32.0 Å². The minimum Gasteiger partial charge on any atom is -0.257 e. The van der Waals surface area contributed by atoms with E-state index in [4.69, 9.17) is 5.84 Å². The zero-order valence-electron chi connectivity index (χ0n) is 7.53. The van der Waals surface area contributed by atoms with E-state index in [-0.39, 0.29) is 4.90 Å². The lowest BCUT2D eigenvalue weighted by molar-refractivity contribution is 0.583. The molecule has 0 aromatic heterocycles. The number of nitrogens with one attached hydrogen (secondary N) is 1. The molecule has 1 rings (SSSR count). The highest BCUT2D eigenvalue weighted by molar-refractivity contribution is 7.89. The Morgan fingerprint density at radius 3 is 2.08 bits per heavy atom. The summed E-state index contributed by atoms with van der Waals surface area (Å²) in [6.45, 7) is 3.47. The minimum absolute atomic E-state index is 0.262. The Kier molecular flexibility index (Phi) is 2.70. The van der Waals surface area contributed by atoms with Crippen molar-refractivity contribution in [3.05, 3.63) is 29.3 Å². The second-order valence-electron chi connectivity index (χ2n) is 2.84. The van der Waals surface area contributed by atoms with E-state index in [2.05, 4.69) is 0 Å². The molecule has 0 aliphatic rings. The number of benzene rings is 1. The van der Waals surface area contributed by atoms with Gasteiger partial charge in [-0.1, -0.05) is 18.2 Å². The number of sulfonamides is 1. The van der Waals surface area contributed by atoms with Crippen LogP contribution < -0.4 is 10.7 Å². The summed E-state index contributed by atoms with van der Waals surface area (Å²) in [7, 11) is -3.53. The fraction of sp³-hybridized carbons (Fsp3) is 0.250. The van der Waals surface area contributed by atoms with Crippen molar-refractivity contribution in [3.63, 3.8) is 0 Å². The van der Waals surface area contributed by atoms with Gasteiger partial charge in [-0.15, -0.1) is 0 Å². The molecule has 72 valence electrons. The molecule has 0 saturated carbocycles. The summed E-state index contributed by atoms with van der Waals surface area (Å²) in [6, 6.07) is 5.27. The van der Waals surface area contributed by atoms with Gasteiger partial charge < -0.3 is 0 Å². The van der Waals surface area contributed by atoms with Crippen molar-refractivity contribution in [2.45, 2.75) is 18.7 Å². The van der Waals surface area contributed by atoms with Crippen molar-refractivity contribution in [2.24, 2.45) is 5.84 Å². The van der Waals surface area contributed by atoms with Gasteiger partial charge in [-0.25, -0.2) is 8.42 Å². The van der Waals surface area contributed by atoms with E-state index >= 15 is 0 Å². The molecule has 1 aromatic carbocycles. The van der Waals surface area contributed by atoms with E-state index in [1.807, 2.05) is 4.83 Å². The number of hydrazine groups is 1. The fourth-order valence-electron chi connectivity index (χ4n) is 1.28. The predicted molar refractivity (Wildman–Crippen MR) is 50.4 cm³/mol. The predicted octanol–water partition coefficient (Wildman–Crippen LogP) is 0.455. The molecule has 0 unspecified atom stereocenters. The second-order valence-corrected chi connectivity index (χ2v) is 4.49. The highest BCUT2D eigenvalue weighted by atomic mass is 32.2. The van der Waals surface area contributed by atoms with Gasteiger partial charge in [0.25, 0.3) is 10.0 Å². The molecule has 0 atom stereocenters. The topological polar surface area (TPSA) is 72.2 Å². The quantitative estimate of drug-likeness (QED) is 0.538. The number of rotatable bonds is 2. The maximum atomic E-state index is 11.4. The lowest BCUT2D eigenvalue weighted by Crippen LogP contribution is -2.31. The van der Waals surface area contributed by atoms with Gasteiger partial charge in [0.05, 0.1) is 4.90 Å². The molecule has 0 fully saturated rings. The normalized spacial score (nSPS) is 11.6. The highest BCUT2D eigenvalue weighted by Gasteiger charge is 2.16. The van der Waals surface area contributed by atoms with Crippen molar-refractivity contribution in [3.8, 4) is 0 Å². The Bertz CT molecular complexity index is 392. The highest BCUT2D eigenvalue weighted by Crippen LogP contribution is 2.18. The SMILES string of the molecule is Cc1cccc(C)c1S(=O)(=O)NN. The van der Waals surface area contributed by atoms with Crippen LogP contribution in [0.1, 0.15) is 11.1 Å². The van der Waals surface area contributed by atoms with Crippen LogP contribution in [0.25, 0.3) is 0 Å². The van der Waals surface area contributed by atoms with Crippen molar-refractivity contribution in [1.29, 1.82) is 0 Å². The van der Waals surface area contributed by atoms with Gasteiger partial charge in [0.15, 0.2) is 0 Å². The van der Waals surface area contributed by atoms with Crippen LogP contribution in [0.3, 0.4) is 0 Å². The van der Waals surface area contributed by atoms with E-state index in [9.17, 15) is 8.42 Å². The molecule has 0 bridgehead atoms. The van der Waals surface area contributed by atoms with E-state index in [1.165, 1.54) is 0 Å². The summed E-state index contributed by atoms with van der Waals surface area (Å²) < 4.78 is 22.8. The maximum Gasteiger partial charge on any atom is 0.253 e. The van der Waals surface area contributed by atoms with Gasteiger partial charge >= 0.3 is 0 Å². The molecular formula is C8H12N2O2S. The van der Waals surface area contributed by atoms with E-state index in [0.717, 1.165) is 0 Å². The standard InChI is InChI=1S/C8H12N2O2S/c1-6-4-3-5-7(2)8(6)13(11,12)10-9/h3-5,10H,9H2,1-2H3. The van der Waals surface area contributed by atoms with E-state index in [0.29, 0.717) is 11.1 Å². The molecule has 0 aliphatic heterocycles. The van der Waals surface area contributed by atoms with Crippen LogP contribution in [0, 0.1) is 13.8 Å². The zero-order chi connectivity index (χ0) is 10.1. The first-order chi connectivity index (χ1) is 5.99. The number of aryl methyl sites for hydroxylation is 2. The monoisotopic (exact) mass is 200 g/mol. The van der Waals surface area contributed by atoms with Crippen LogP contribution in [0.2, 0.25) is 0 Å². The summed E-state index contributed by atoms with van der Waals surface area (Å²) >= 11 is 0. The Hall–Kier alpha value is -0.910. The molecule has 0 radical (unpaired) electrons. The average molecular weight is 200 g/mol. The van der Waals surface area contributed by atoms with Crippen LogP contribution in [-0.2, 0) is 10.0 Å². The third-order valence-electron chi connectivity index (χ3n) is 1.83. The number of hydrogen-bond acceptors (Lipinski definition) is 3. The van der Waals surface area contributed by atoms with Crippen molar-refractivity contribution in [2.75, 3.05) is 0 Å². The lowest BCUT2D eigenvalue weighted by Gasteiger charge is -2.08. The van der Waals surface area contributed by atoms with E-state index < -0.39 is 10.0 Å². The fourth-order valence-corrected chi connectivity index (χ4v) is 2.38. The largest absolute Gasteiger partial charge is 0.257 e. The molecule has 1 aromatic rings. The Morgan fingerprint density at radius 2 is 1.69 bits per heavy atom. The Balaban J connectivity index is 3.46. The first kappa shape index (κ1) is 10.2. The molecule has 0 saturated heterocycles. The number of nitrogens with two attached hydrogens (primary N) is 1. The van der Waals surface area contributed by atoms with Gasteiger partial charge in [0.2, 0.25) is 0 Å². The van der Waals surface area contributed by atoms with Gasteiger partial charge in [-0.3, -0.25) is 5.84 Å². The smallest absolute Gasteiger partial charge is 0.253 e. The lowest BCUT2D eigenvalue weighted by atomic mass is 10.2. The average Bonchev–Trinajstić information content (AvgIpc) is 2.03. The van der Waals surface area contributed by atoms with Crippen molar-refractivity contribution in [1.82, 2.24) is 4.83 Å². The number of hydrogen-bond donors (Lipinski definition) is 2. The Labute approximate surface area is 77.8 Å². The van der Waals surface area contributed by atoms with Gasteiger partial charge in [-0.2, -0.15) is 4.83 Å². The van der Waals surface area contributed by atoms with Crippen LogP contribution in [0.5, 0.6) is 0 Å². The molecule has 4 nitrogen and oxygen atoms in total. The third-order valence-corrected chi connectivity index (χ3v) is 3.32. The third kappa shape index (κ3) is 1.88. The van der Waals surface area contributed by atoms with Crippen LogP contribution in [0.4, 0.5) is 0 Å². The van der Waals surface area contributed by atoms with Crippen LogP contribution in [-0.4, -0.2) is 8.42 Å². The van der Waals surface area contributed by atoms with Crippen molar-refractivity contribution < 1.29 is 8.42 Å². The summed E-state index contributed by atoms with van der Waals surface area (Å²) in [5.74, 6) is 4.94. The summed E-state index contributed by atoms with van der Waals surface area (Å²) in [5.41, 5.74) is 1.39. The van der Waals surface area contributed by atoms with Crippen LogP contribution >= 0.6 is 0 Å². The van der Waals surface area contributed by atoms with Crippen molar-refractivity contribution >= 4 is 10.0 Å². The molecule has 3 N–H and O–H groups in total. The molecule has 13 heavy (non-hydrogen) atoms. The molecule has 5 heteroatoms. The summed E-state index contributed by atoms with van der Waals surface area (Å²) in [6.07, 6.45) is 0. The maximum absolute atomic E-state index is 11.4. The zero-order valence-corrected chi connectivity index (χ0v) is 8.35. The first-order valence-electron chi connectivity index (χ1n) is 3.77. The second kappa shape index (κ2) is 3.45. The molecule has 0 spiro atoms.